The van der Waals surface area contributed by atoms with E-state index in [1.807, 2.05) is 60.5 Å². The van der Waals surface area contributed by atoms with E-state index in [1.54, 1.807) is 11.8 Å². The molecule has 9 nitrogen and oxygen atoms in total. The van der Waals surface area contributed by atoms with Crippen LogP contribution in [0.4, 0.5) is 0 Å². The zero-order valence-electron chi connectivity index (χ0n) is 23.2. The number of fused-ring (bicyclic) bond motifs is 1. The summed E-state index contributed by atoms with van der Waals surface area (Å²) in [5.74, 6) is 2.18. The number of likely N-dealkylation sites (tertiary alicyclic amines) is 1. The lowest BCUT2D eigenvalue weighted by Crippen LogP contribution is -2.25. The van der Waals surface area contributed by atoms with E-state index < -0.39 is 0 Å². The molecule has 6 rings (SSSR count). The number of benzene rings is 2. The Morgan fingerprint density at radius 1 is 1.10 bits per heavy atom. The van der Waals surface area contributed by atoms with Crippen molar-refractivity contribution >= 4 is 5.78 Å². The summed E-state index contributed by atoms with van der Waals surface area (Å²) in [4.78, 5) is 16.2. The molecule has 0 aliphatic carbocycles. The summed E-state index contributed by atoms with van der Waals surface area (Å²) in [5, 5.41) is 9.29. The third kappa shape index (κ3) is 5.26. The van der Waals surface area contributed by atoms with Crippen LogP contribution in [0.15, 0.2) is 60.9 Å². The second-order valence-corrected chi connectivity index (χ2v) is 10.7. The van der Waals surface area contributed by atoms with Gasteiger partial charge < -0.3 is 19.1 Å². The molecule has 1 fully saturated rings. The smallest absolute Gasteiger partial charge is 0.231 e. The molecule has 0 radical (unpaired) electrons. The summed E-state index contributed by atoms with van der Waals surface area (Å²) in [6.45, 7) is 5.55. The highest BCUT2D eigenvalue weighted by atomic mass is 16.7. The second kappa shape index (κ2) is 11.3. The Balaban J connectivity index is 1.27. The first kappa shape index (κ1) is 26.3. The number of ether oxygens (including phenoxy) is 3. The van der Waals surface area contributed by atoms with Gasteiger partial charge in [0.25, 0.3) is 0 Å². The van der Waals surface area contributed by atoms with Crippen molar-refractivity contribution < 1.29 is 19.0 Å². The average molecular weight is 542 g/mol. The quantitative estimate of drug-likeness (QED) is 0.298. The van der Waals surface area contributed by atoms with Crippen LogP contribution in [0, 0.1) is 12.8 Å². The van der Waals surface area contributed by atoms with Gasteiger partial charge in [-0.2, -0.15) is 10.2 Å². The molecular weight excluding hydrogens is 506 g/mol. The minimum atomic E-state index is 0.191. The molecule has 0 bridgehead atoms. The summed E-state index contributed by atoms with van der Waals surface area (Å²) in [6, 6.07) is 16.2. The summed E-state index contributed by atoms with van der Waals surface area (Å²) >= 11 is 0. The van der Waals surface area contributed by atoms with Gasteiger partial charge in [0.1, 0.15) is 5.78 Å². The van der Waals surface area contributed by atoms with Gasteiger partial charge in [0.15, 0.2) is 11.5 Å². The Bertz CT molecular complexity index is 1490. The minimum Gasteiger partial charge on any atom is -0.454 e. The van der Waals surface area contributed by atoms with Crippen LogP contribution in [0.1, 0.15) is 29.2 Å². The zero-order valence-corrected chi connectivity index (χ0v) is 23.2. The van der Waals surface area contributed by atoms with E-state index in [2.05, 4.69) is 29.1 Å². The van der Waals surface area contributed by atoms with Gasteiger partial charge in [0, 0.05) is 64.3 Å². The third-order valence-corrected chi connectivity index (χ3v) is 8.03. The Labute approximate surface area is 234 Å². The van der Waals surface area contributed by atoms with Gasteiger partial charge in [-0.1, -0.05) is 24.3 Å². The van der Waals surface area contributed by atoms with E-state index in [4.69, 9.17) is 19.3 Å². The Morgan fingerprint density at radius 2 is 1.93 bits per heavy atom. The van der Waals surface area contributed by atoms with Crippen molar-refractivity contribution in [2.75, 3.05) is 40.1 Å². The number of hydrogen-bond donors (Lipinski definition) is 0. The van der Waals surface area contributed by atoms with Crippen LogP contribution < -0.4 is 9.47 Å². The number of carbonyl (C=O) groups is 1. The van der Waals surface area contributed by atoms with E-state index in [9.17, 15) is 4.79 Å². The zero-order chi connectivity index (χ0) is 27.6. The number of carbonyl (C=O) groups excluding carboxylic acids is 1. The fraction of sp³-hybridized carbons (Fsp3) is 0.387. The predicted octanol–water partition coefficient (Wildman–Crippen LogP) is 4.17. The first-order chi connectivity index (χ1) is 19.5. The van der Waals surface area contributed by atoms with Crippen molar-refractivity contribution in [3.63, 3.8) is 0 Å². The third-order valence-electron chi connectivity index (χ3n) is 8.03. The van der Waals surface area contributed by atoms with Gasteiger partial charge in [-0.05, 0) is 48.2 Å². The molecule has 0 spiro atoms. The molecular formula is C31H35N5O4. The van der Waals surface area contributed by atoms with Gasteiger partial charge in [0.05, 0.1) is 29.9 Å². The molecule has 2 aromatic carbocycles. The molecule has 4 aromatic rings. The molecule has 1 saturated heterocycles. The molecule has 40 heavy (non-hydrogen) atoms. The SMILES string of the molecule is COCCN1C[C@@H](CC(=O)Cc2c(C)c(-c3cnn(C)c3)nn2-c2ccccc2)[C@H](c2ccc3c(c2)OCO3)C1. The molecule has 0 saturated carbocycles. The van der Waals surface area contributed by atoms with Crippen molar-refractivity contribution in [3.05, 3.63) is 77.7 Å². The number of Topliss-reactive ketones (excluding diaryl/α,β-unsaturated/α-hetero) is 1. The number of rotatable bonds is 10. The van der Waals surface area contributed by atoms with Crippen molar-refractivity contribution in [2.45, 2.75) is 25.7 Å². The van der Waals surface area contributed by atoms with Crippen LogP contribution in [0.5, 0.6) is 11.5 Å². The number of hydrogen-bond acceptors (Lipinski definition) is 7. The summed E-state index contributed by atoms with van der Waals surface area (Å²) in [5.41, 5.74) is 5.84. The van der Waals surface area contributed by atoms with E-state index >= 15 is 0 Å². The van der Waals surface area contributed by atoms with Gasteiger partial charge in [0.2, 0.25) is 6.79 Å². The van der Waals surface area contributed by atoms with Crippen LogP contribution in [0.2, 0.25) is 0 Å². The number of aryl methyl sites for hydroxylation is 1. The number of methoxy groups -OCH3 is 1. The molecule has 9 heteroatoms. The molecule has 2 aliphatic rings. The fourth-order valence-electron chi connectivity index (χ4n) is 5.98. The van der Waals surface area contributed by atoms with Crippen molar-refractivity contribution in [1.29, 1.82) is 0 Å². The van der Waals surface area contributed by atoms with Crippen LogP contribution in [0.25, 0.3) is 16.9 Å². The first-order valence-corrected chi connectivity index (χ1v) is 13.8. The molecule has 2 atom stereocenters. The van der Waals surface area contributed by atoms with E-state index in [1.165, 1.54) is 5.56 Å². The normalized spacial score (nSPS) is 18.5. The van der Waals surface area contributed by atoms with E-state index in [0.29, 0.717) is 19.4 Å². The Morgan fingerprint density at radius 3 is 2.70 bits per heavy atom. The second-order valence-electron chi connectivity index (χ2n) is 10.7. The first-order valence-electron chi connectivity index (χ1n) is 13.8. The highest BCUT2D eigenvalue weighted by molar-refractivity contribution is 5.82. The van der Waals surface area contributed by atoms with Crippen LogP contribution in [-0.4, -0.2) is 70.4 Å². The van der Waals surface area contributed by atoms with E-state index in [0.717, 1.165) is 59.3 Å². The van der Waals surface area contributed by atoms with E-state index in [-0.39, 0.29) is 24.4 Å². The molecule has 2 aromatic heterocycles. The maximum absolute atomic E-state index is 13.8. The minimum absolute atomic E-state index is 0.191. The van der Waals surface area contributed by atoms with Gasteiger partial charge >= 0.3 is 0 Å². The fourth-order valence-corrected chi connectivity index (χ4v) is 5.98. The average Bonchev–Trinajstić information content (AvgIpc) is 3.75. The molecule has 4 heterocycles. The molecule has 208 valence electrons. The molecule has 2 aliphatic heterocycles. The largest absolute Gasteiger partial charge is 0.454 e. The number of para-hydroxylation sites is 1. The van der Waals surface area contributed by atoms with Gasteiger partial charge in [-0.3, -0.25) is 9.48 Å². The standard InChI is InChI=1S/C31H35N5O4/c1-21-28(36(25-7-5-4-6-8-25)33-31(21)24-16-32-34(2)17-24)15-26(37)13-23-18-35(11-12-38-3)19-27(23)22-9-10-29-30(14-22)40-20-39-29/h4-10,14,16-17,23,27H,11-13,15,18-20H2,1-3H3/t23-,27+/m1/s1. The highest BCUT2D eigenvalue weighted by Gasteiger charge is 2.36. The molecule has 0 N–H and O–H groups in total. The lowest BCUT2D eigenvalue weighted by molar-refractivity contribution is -0.119. The summed E-state index contributed by atoms with van der Waals surface area (Å²) < 4.78 is 20.2. The lowest BCUT2D eigenvalue weighted by atomic mass is 9.85. The monoisotopic (exact) mass is 541 g/mol. The van der Waals surface area contributed by atoms with Crippen LogP contribution in [-0.2, 0) is 23.0 Å². The van der Waals surface area contributed by atoms with Crippen molar-refractivity contribution in [1.82, 2.24) is 24.5 Å². The maximum atomic E-state index is 13.8. The summed E-state index contributed by atoms with van der Waals surface area (Å²) in [6.07, 6.45) is 4.58. The van der Waals surface area contributed by atoms with Crippen molar-refractivity contribution in [3.8, 4) is 28.4 Å². The highest BCUT2D eigenvalue weighted by Crippen LogP contribution is 2.40. The Hall–Kier alpha value is -3.95. The molecule has 0 unspecified atom stereocenters. The number of ketones is 1. The van der Waals surface area contributed by atoms with Crippen LogP contribution in [0.3, 0.4) is 0 Å². The lowest BCUT2D eigenvalue weighted by Gasteiger charge is -2.19. The Kier molecular flexibility index (Phi) is 7.40. The van der Waals surface area contributed by atoms with Gasteiger partial charge in [-0.15, -0.1) is 0 Å². The molecule has 0 amide bonds. The predicted molar refractivity (Wildman–Crippen MR) is 151 cm³/mol. The number of aromatic nitrogens is 4. The maximum Gasteiger partial charge on any atom is 0.231 e. The van der Waals surface area contributed by atoms with Crippen molar-refractivity contribution in [2.24, 2.45) is 13.0 Å². The van der Waals surface area contributed by atoms with Crippen LogP contribution >= 0.6 is 0 Å². The van der Waals surface area contributed by atoms with Gasteiger partial charge in [-0.25, -0.2) is 4.68 Å². The summed E-state index contributed by atoms with van der Waals surface area (Å²) in [7, 11) is 3.62. The topological polar surface area (TPSA) is 83.6 Å². The number of nitrogens with zero attached hydrogens (tertiary/aromatic N) is 5.